The number of hydrogen-bond donors (Lipinski definition) is 3. The highest BCUT2D eigenvalue weighted by molar-refractivity contribution is 6.00. The molecule has 0 saturated carbocycles. The molecule has 1 aromatic carbocycles. The number of halogens is 1. The van der Waals surface area contributed by atoms with E-state index in [0.29, 0.717) is 18.5 Å². The summed E-state index contributed by atoms with van der Waals surface area (Å²) in [4.78, 5) is 15.5. The molecule has 3 N–H and O–H groups in total. The van der Waals surface area contributed by atoms with E-state index in [1.54, 1.807) is 24.5 Å². The highest BCUT2D eigenvalue weighted by Crippen LogP contribution is 2.30. The molecule has 4 nitrogen and oxygen atoms in total. The van der Waals surface area contributed by atoms with Crippen molar-refractivity contribution in [3.8, 4) is 11.1 Å². The summed E-state index contributed by atoms with van der Waals surface area (Å²) in [6.45, 7) is 4.78. The van der Waals surface area contributed by atoms with Gasteiger partial charge in [0.25, 0.3) is 5.91 Å². The quantitative estimate of drug-likeness (QED) is 0.689. The lowest BCUT2D eigenvalue weighted by Gasteiger charge is -2.31. The average molecular weight is 332 g/mol. The zero-order valence-corrected chi connectivity index (χ0v) is 14.2. The Bertz CT molecular complexity index is 660. The van der Waals surface area contributed by atoms with Crippen LogP contribution in [0.25, 0.3) is 11.1 Å². The van der Waals surface area contributed by atoms with E-state index in [0.717, 1.165) is 24.0 Å². The molecule has 0 saturated heterocycles. The van der Waals surface area contributed by atoms with Gasteiger partial charge in [0.2, 0.25) is 0 Å². The van der Waals surface area contributed by atoms with Crippen LogP contribution < -0.4 is 5.32 Å². The molecule has 0 radical (unpaired) electrons. The Morgan fingerprint density at radius 2 is 1.88 bits per heavy atom. The van der Waals surface area contributed by atoms with Crippen molar-refractivity contribution in [1.82, 2.24) is 10.3 Å². The summed E-state index contributed by atoms with van der Waals surface area (Å²) in [6, 6.07) is 6.07. The lowest BCUT2D eigenvalue weighted by atomic mass is 9.79. The van der Waals surface area contributed by atoms with Crippen LogP contribution in [-0.2, 0) is 0 Å². The molecule has 2 rings (SSSR count). The van der Waals surface area contributed by atoms with E-state index in [2.05, 4.69) is 24.1 Å². The van der Waals surface area contributed by atoms with Crippen molar-refractivity contribution in [2.24, 2.45) is 5.41 Å². The first-order valence-corrected chi connectivity index (χ1v) is 8.37. The van der Waals surface area contributed by atoms with Gasteiger partial charge < -0.3 is 15.4 Å². The Morgan fingerprint density at radius 3 is 2.46 bits per heavy atom. The van der Waals surface area contributed by atoms with E-state index < -0.39 is 0 Å². The van der Waals surface area contributed by atoms with Gasteiger partial charge in [-0.15, -0.1) is 0 Å². The van der Waals surface area contributed by atoms with Crippen LogP contribution in [0.15, 0.2) is 36.7 Å². The SMILES string of the molecule is CCC(CC)(CCO)CNC(=O)c1c[nH]cc1-c1ccc(F)cc1. The highest BCUT2D eigenvalue weighted by Gasteiger charge is 2.26. The molecule has 0 unspecified atom stereocenters. The van der Waals surface area contributed by atoms with Gasteiger partial charge in [0.05, 0.1) is 5.56 Å². The standard InChI is InChI=1S/C19H25FN2O2/c1-3-19(4-2,9-10-23)13-22-18(24)17-12-21-11-16(17)14-5-7-15(20)8-6-14/h5-8,11-12,21,23H,3-4,9-10,13H2,1-2H3,(H,22,24). The van der Waals surface area contributed by atoms with Gasteiger partial charge in [0, 0.05) is 31.1 Å². The second kappa shape index (κ2) is 8.11. The smallest absolute Gasteiger partial charge is 0.253 e. The fourth-order valence-corrected chi connectivity index (χ4v) is 2.96. The Balaban J connectivity index is 2.14. The van der Waals surface area contributed by atoms with Gasteiger partial charge in [-0.3, -0.25) is 4.79 Å². The van der Waals surface area contributed by atoms with Gasteiger partial charge in [0.15, 0.2) is 0 Å². The number of carbonyl (C=O) groups excluding carboxylic acids is 1. The number of carbonyl (C=O) groups is 1. The summed E-state index contributed by atoms with van der Waals surface area (Å²) in [5.41, 5.74) is 1.98. The summed E-state index contributed by atoms with van der Waals surface area (Å²) < 4.78 is 13.1. The Labute approximate surface area is 142 Å². The lowest BCUT2D eigenvalue weighted by molar-refractivity contribution is 0.0908. The Hall–Kier alpha value is -2.14. The monoisotopic (exact) mass is 332 g/mol. The summed E-state index contributed by atoms with van der Waals surface area (Å²) in [6.07, 6.45) is 5.84. The highest BCUT2D eigenvalue weighted by atomic mass is 19.1. The zero-order chi connectivity index (χ0) is 17.6. The third kappa shape index (κ3) is 4.03. The number of amides is 1. The van der Waals surface area contributed by atoms with E-state index in [1.165, 1.54) is 12.1 Å². The molecule has 1 amide bonds. The van der Waals surface area contributed by atoms with Crippen LogP contribution in [0.4, 0.5) is 4.39 Å². The lowest BCUT2D eigenvalue weighted by Crippen LogP contribution is -2.37. The normalized spacial score (nSPS) is 11.5. The molecule has 1 heterocycles. The number of aliphatic hydroxyl groups excluding tert-OH is 1. The van der Waals surface area contributed by atoms with Crippen molar-refractivity contribution in [2.45, 2.75) is 33.1 Å². The molecule has 1 aromatic heterocycles. The van der Waals surface area contributed by atoms with Crippen molar-refractivity contribution < 1.29 is 14.3 Å². The first-order chi connectivity index (χ1) is 11.5. The molecule has 24 heavy (non-hydrogen) atoms. The molecule has 0 fully saturated rings. The van der Waals surface area contributed by atoms with Crippen LogP contribution in [0.3, 0.4) is 0 Å². The zero-order valence-electron chi connectivity index (χ0n) is 14.2. The van der Waals surface area contributed by atoms with E-state index in [1.807, 2.05) is 0 Å². The molecule has 2 aromatic rings. The van der Waals surface area contributed by atoms with E-state index in [-0.39, 0.29) is 23.7 Å². The molecule has 0 aliphatic rings. The third-order valence-electron chi connectivity index (χ3n) is 4.91. The van der Waals surface area contributed by atoms with Crippen molar-refractivity contribution >= 4 is 5.91 Å². The predicted molar refractivity (Wildman–Crippen MR) is 93.2 cm³/mol. The van der Waals surface area contributed by atoms with Crippen LogP contribution in [-0.4, -0.2) is 29.1 Å². The maximum absolute atomic E-state index is 13.1. The van der Waals surface area contributed by atoms with Crippen LogP contribution in [0.2, 0.25) is 0 Å². The first-order valence-electron chi connectivity index (χ1n) is 8.37. The van der Waals surface area contributed by atoms with Gasteiger partial charge in [0.1, 0.15) is 5.82 Å². The minimum Gasteiger partial charge on any atom is -0.396 e. The Kier molecular flexibility index (Phi) is 6.15. The summed E-state index contributed by atoms with van der Waals surface area (Å²) in [5.74, 6) is -0.472. The summed E-state index contributed by atoms with van der Waals surface area (Å²) >= 11 is 0. The molecular formula is C19H25FN2O2. The number of hydrogen-bond acceptors (Lipinski definition) is 2. The van der Waals surface area contributed by atoms with Gasteiger partial charge in [-0.2, -0.15) is 0 Å². The molecule has 0 aliphatic carbocycles. The topological polar surface area (TPSA) is 65.1 Å². The molecule has 0 spiro atoms. The number of rotatable bonds is 8. The number of aromatic amines is 1. The number of benzene rings is 1. The number of aromatic nitrogens is 1. The number of aliphatic hydroxyl groups is 1. The van der Waals surface area contributed by atoms with E-state index >= 15 is 0 Å². The minimum atomic E-state index is -0.306. The molecule has 0 bridgehead atoms. The second-order valence-electron chi connectivity index (χ2n) is 6.15. The van der Waals surface area contributed by atoms with Crippen molar-refractivity contribution in [3.05, 3.63) is 48.0 Å². The maximum atomic E-state index is 13.1. The molecular weight excluding hydrogens is 307 g/mol. The Morgan fingerprint density at radius 1 is 1.21 bits per heavy atom. The van der Waals surface area contributed by atoms with E-state index in [9.17, 15) is 14.3 Å². The van der Waals surface area contributed by atoms with Crippen molar-refractivity contribution in [1.29, 1.82) is 0 Å². The molecule has 0 atom stereocenters. The van der Waals surface area contributed by atoms with Gasteiger partial charge in [-0.05, 0) is 42.4 Å². The first kappa shape index (κ1) is 18.2. The predicted octanol–water partition coefficient (Wildman–Crippen LogP) is 3.74. The summed E-state index contributed by atoms with van der Waals surface area (Å²) in [7, 11) is 0. The number of H-pyrrole nitrogens is 1. The molecule has 130 valence electrons. The van der Waals surface area contributed by atoms with E-state index in [4.69, 9.17) is 0 Å². The fraction of sp³-hybridized carbons (Fsp3) is 0.421. The third-order valence-corrected chi connectivity index (χ3v) is 4.91. The average Bonchev–Trinajstić information content (AvgIpc) is 3.09. The van der Waals surface area contributed by atoms with Crippen LogP contribution >= 0.6 is 0 Å². The van der Waals surface area contributed by atoms with Crippen molar-refractivity contribution in [3.63, 3.8) is 0 Å². The minimum absolute atomic E-state index is 0.0866. The van der Waals surface area contributed by atoms with Crippen LogP contribution in [0.1, 0.15) is 43.5 Å². The second-order valence-corrected chi connectivity index (χ2v) is 6.15. The molecule has 0 aliphatic heterocycles. The van der Waals surface area contributed by atoms with Crippen LogP contribution in [0, 0.1) is 11.2 Å². The largest absolute Gasteiger partial charge is 0.396 e. The number of nitrogens with one attached hydrogen (secondary N) is 2. The van der Waals surface area contributed by atoms with Gasteiger partial charge in [-0.1, -0.05) is 26.0 Å². The maximum Gasteiger partial charge on any atom is 0.253 e. The van der Waals surface area contributed by atoms with Crippen molar-refractivity contribution in [2.75, 3.05) is 13.2 Å². The van der Waals surface area contributed by atoms with Crippen LogP contribution in [0.5, 0.6) is 0 Å². The fourth-order valence-electron chi connectivity index (χ4n) is 2.96. The van der Waals surface area contributed by atoms with Gasteiger partial charge >= 0.3 is 0 Å². The molecule has 5 heteroatoms. The summed E-state index contributed by atoms with van der Waals surface area (Å²) in [5, 5.41) is 12.3. The van der Waals surface area contributed by atoms with Gasteiger partial charge in [-0.25, -0.2) is 4.39 Å².